The number of carbonyl (C=O) groups is 1. The van der Waals surface area contributed by atoms with E-state index in [4.69, 9.17) is 9.47 Å². The summed E-state index contributed by atoms with van der Waals surface area (Å²) in [4.78, 5) is 12.5. The average molecular weight is 637 g/mol. The molecule has 6 rings (SSSR count). The molecule has 258 valence electrons. The summed E-state index contributed by atoms with van der Waals surface area (Å²) in [5, 5.41) is 64.9. The normalized spacial score (nSPS) is 54.0. The van der Waals surface area contributed by atoms with Crippen molar-refractivity contribution in [1.82, 2.24) is 0 Å². The van der Waals surface area contributed by atoms with E-state index in [-0.39, 0.29) is 51.3 Å². The molecule has 2 spiro atoms. The molecule has 0 amide bonds. The monoisotopic (exact) mass is 636 g/mol. The molecule has 1 saturated heterocycles. The van der Waals surface area contributed by atoms with E-state index in [0.717, 1.165) is 44.9 Å². The zero-order valence-electron chi connectivity index (χ0n) is 28.5. The van der Waals surface area contributed by atoms with Crippen LogP contribution in [-0.2, 0) is 14.3 Å². The molecule has 16 atom stereocenters. The minimum Gasteiger partial charge on any atom is -0.394 e. The molecule has 1 heterocycles. The second-order valence-corrected chi connectivity index (χ2v) is 17.7. The molecule has 0 aromatic carbocycles. The SMILES string of the molecule is CC(C)C(=O)CC[C@@H](C)[C@H]1[C@@H](O)C[C@@]2(C)[C@@H]3CC[C@H]4C(C)(C)[C@@H](O[C@@H]5O[C@H](CO)[C@@H](O)[C@H](O)[C@H]5O)CC[C@@]45C[C@@]35CC(O)[C@]12C. The van der Waals surface area contributed by atoms with Crippen LogP contribution in [0.3, 0.4) is 0 Å². The largest absolute Gasteiger partial charge is 0.394 e. The number of hydrogen-bond donors (Lipinski definition) is 6. The van der Waals surface area contributed by atoms with Crippen LogP contribution in [0.15, 0.2) is 0 Å². The molecule has 0 aromatic heterocycles. The van der Waals surface area contributed by atoms with Crippen molar-refractivity contribution in [2.24, 2.45) is 56.7 Å². The first-order valence-electron chi connectivity index (χ1n) is 17.8. The Balaban J connectivity index is 1.23. The molecule has 5 saturated carbocycles. The number of ketones is 1. The highest BCUT2D eigenvalue weighted by molar-refractivity contribution is 5.80. The minimum atomic E-state index is -1.47. The van der Waals surface area contributed by atoms with Crippen LogP contribution in [-0.4, -0.2) is 92.0 Å². The number of ether oxygens (including phenoxy) is 2. The Morgan fingerprint density at radius 2 is 1.56 bits per heavy atom. The topological polar surface area (TPSA) is 157 Å². The van der Waals surface area contributed by atoms with Crippen LogP contribution in [0.5, 0.6) is 0 Å². The quantitative estimate of drug-likeness (QED) is 0.220. The van der Waals surface area contributed by atoms with Gasteiger partial charge in [-0.1, -0.05) is 48.5 Å². The van der Waals surface area contributed by atoms with Gasteiger partial charge in [-0.2, -0.15) is 0 Å². The van der Waals surface area contributed by atoms with E-state index >= 15 is 0 Å². The zero-order chi connectivity index (χ0) is 33.1. The van der Waals surface area contributed by atoms with Gasteiger partial charge in [0.2, 0.25) is 0 Å². The highest BCUT2D eigenvalue weighted by Gasteiger charge is 2.84. The third-order valence-electron chi connectivity index (χ3n) is 15.4. The summed E-state index contributed by atoms with van der Waals surface area (Å²) in [6.45, 7) is 14.6. The van der Waals surface area contributed by atoms with Crippen molar-refractivity contribution in [2.45, 2.75) is 155 Å². The minimum absolute atomic E-state index is 0.00914. The Labute approximate surface area is 269 Å². The van der Waals surface area contributed by atoms with Crippen molar-refractivity contribution < 1.29 is 44.9 Å². The van der Waals surface area contributed by atoms with Crippen molar-refractivity contribution in [3.63, 3.8) is 0 Å². The molecule has 6 aliphatic rings. The van der Waals surface area contributed by atoms with Crippen LogP contribution >= 0.6 is 0 Å². The van der Waals surface area contributed by atoms with E-state index in [0.29, 0.717) is 24.7 Å². The number of aliphatic hydroxyl groups excluding tert-OH is 6. The van der Waals surface area contributed by atoms with Gasteiger partial charge in [0, 0.05) is 17.8 Å². The first-order chi connectivity index (χ1) is 20.9. The Morgan fingerprint density at radius 3 is 2.20 bits per heavy atom. The summed E-state index contributed by atoms with van der Waals surface area (Å²) in [5.74, 6) is 1.09. The Bertz CT molecular complexity index is 1140. The van der Waals surface area contributed by atoms with Gasteiger partial charge < -0.3 is 40.1 Å². The third-order valence-corrected chi connectivity index (χ3v) is 15.4. The number of fused-ring (bicyclic) bond motifs is 2. The van der Waals surface area contributed by atoms with Gasteiger partial charge in [-0.05, 0) is 96.7 Å². The number of Topliss-reactive ketones (excluding diaryl/α,β-unsaturated/α-hetero) is 1. The van der Waals surface area contributed by atoms with E-state index in [9.17, 15) is 35.4 Å². The predicted octanol–water partition coefficient (Wildman–Crippen LogP) is 3.19. The first kappa shape index (κ1) is 34.2. The summed E-state index contributed by atoms with van der Waals surface area (Å²) in [6.07, 6.45) is -0.218. The van der Waals surface area contributed by atoms with Crippen LogP contribution in [0.25, 0.3) is 0 Å². The fourth-order valence-corrected chi connectivity index (χ4v) is 12.9. The highest BCUT2D eigenvalue weighted by atomic mass is 16.7. The molecule has 0 radical (unpaired) electrons. The smallest absolute Gasteiger partial charge is 0.186 e. The zero-order valence-corrected chi connectivity index (χ0v) is 28.5. The molecule has 1 unspecified atom stereocenters. The highest BCUT2D eigenvalue weighted by Crippen LogP contribution is 2.89. The second kappa shape index (κ2) is 11.2. The molecule has 45 heavy (non-hydrogen) atoms. The first-order valence-corrected chi connectivity index (χ1v) is 17.8. The maximum absolute atomic E-state index is 12.5. The second-order valence-electron chi connectivity index (χ2n) is 17.7. The molecule has 6 fully saturated rings. The summed E-state index contributed by atoms with van der Waals surface area (Å²) < 4.78 is 12.2. The van der Waals surface area contributed by atoms with E-state index in [1.54, 1.807) is 0 Å². The molecule has 9 heteroatoms. The summed E-state index contributed by atoms with van der Waals surface area (Å²) >= 11 is 0. The van der Waals surface area contributed by atoms with Crippen molar-refractivity contribution >= 4 is 5.78 Å². The van der Waals surface area contributed by atoms with Crippen molar-refractivity contribution in [3.05, 3.63) is 0 Å². The van der Waals surface area contributed by atoms with Crippen LogP contribution in [0.2, 0.25) is 0 Å². The van der Waals surface area contributed by atoms with Gasteiger partial charge in [-0.15, -0.1) is 0 Å². The van der Waals surface area contributed by atoms with Gasteiger partial charge in [-0.3, -0.25) is 4.79 Å². The summed E-state index contributed by atoms with van der Waals surface area (Å²) in [6, 6.07) is 0. The lowest BCUT2D eigenvalue weighted by molar-refractivity contribution is -0.326. The number of aliphatic hydroxyl groups is 6. The number of carbonyl (C=O) groups excluding carboxylic acids is 1. The number of rotatable bonds is 8. The Morgan fingerprint density at radius 1 is 0.889 bits per heavy atom. The van der Waals surface area contributed by atoms with E-state index < -0.39 is 54.9 Å². The molecular weight excluding hydrogens is 576 g/mol. The maximum Gasteiger partial charge on any atom is 0.186 e. The van der Waals surface area contributed by atoms with Gasteiger partial charge in [0.15, 0.2) is 6.29 Å². The van der Waals surface area contributed by atoms with Crippen LogP contribution in [0.1, 0.15) is 106 Å². The molecule has 1 aliphatic heterocycles. The fraction of sp³-hybridized carbons (Fsp3) is 0.972. The fourth-order valence-electron chi connectivity index (χ4n) is 12.9. The summed E-state index contributed by atoms with van der Waals surface area (Å²) in [7, 11) is 0. The van der Waals surface area contributed by atoms with Crippen LogP contribution in [0, 0.1) is 56.7 Å². The van der Waals surface area contributed by atoms with Gasteiger partial charge in [0.05, 0.1) is 24.9 Å². The third kappa shape index (κ3) is 4.57. The van der Waals surface area contributed by atoms with Gasteiger partial charge in [0.1, 0.15) is 30.2 Å². The van der Waals surface area contributed by atoms with Gasteiger partial charge in [-0.25, -0.2) is 0 Å². The van der Waals surface area contributed by atoms with Crippen LogP contribution in [0.4, 0.5) is 0 Å². The van der Waals surface area contributed by atoms with Crippen molar-refractivity contribution in [2.75, 3.05) is 6.61 Å². The van der Waals surface area contributed by atoms with Crippen molar-refractivity contribution in [1.29, 1.82) is 0 Å². The molecule has 9 nitrogen and oxygen atoms in total. The van der Waals surface area contributed by atoms with Crippen LogP contribution < -0.4 is 0 Å². The Kier molecular flexibility index (Phi) is 8.51. The average Bonchev–Trinajstić information content (AvgIpc) is 3.56. The molecule has 5 aliphatic carbocycles. The molecule has 0 aromatic rings. The lowest BCUT2D eigenvalue weighted by atomic mass is 9.41. The van der Waals surface area contributed by atoms with Gasteiger partial charge >= 0.3 is 0 Å². The summed E-state index contributed by atoms with van der Waals surface area (Å²) in [5.41, 5.74) is -0.822. The van der Waals surface area contributed by atoms with E-state index in [2.05, 4.69) is 34.6 Å². The van der Waals surface area contributed by atoms with E-state index in [1.165, 1.54) is 0 Å². The lowest BCUT2D eigenvalue weighted by Gasteiger charge is -2.64. The molecule has 0 bridgehead atoms. The maximum atomic E-state index is 12.5. The van der Waals surface area contributed by atoms with E-state index in [1.807, 2.05) is 13.8 Å². The van der Waals surface area contributed by atoms with Crippen molar-refractivity contribution in [3.8, 4) is 0 Å². The Hall–Kier alpha value is -0.650. The standard InChI is InChI=1S/C36H60O9/c1-18(2)20(38)9-8-19(3)27-21(39)14-33(6)24-11-10-23-32(4,5)26(45-31-30(43)29(42)28(41)22(16-37)44-31)12-13-35(23)17-36(24,35)15-25(40)34(27,33)7/h18-19,21-31,37,39-43H,8-17H2,1-7H3/t19-,21+,22-,23+,24+,25?,26+,27+,28-,29+,30-,31+,33+,34-,35-,36+/m1/s1. The van der Waals surface area contributed by atoms with Gasteiger partial charge in [0.25, 0.3) is 0 Å². The predicted molar refractivity (Wildman–Crippen MR) is 167 cm³/mol. The number of hydrogen-bond acceptors (Lipinski definition) is 9. The lowest BCUT2D eigenvalue weighted by Crippen LogP contribution is -2.63. The molecular formula is C36H60O9. The molecule has 6 N–H and O–H groups in total.